The lowest BCUT2D eigenvalue weighted by Gasteiger charge is -2.13. The molecule has 0 fully saturated rings. The Morgan fingerprint density at radius 2 is 1.53 bits per heavy atom. The van der Waals surface area contributed by atoms with Gasteiger partial charge in [0.1, 0.15) is 0 Å². The zero-order valence-electron chi connectivity index (χ0n) is 13.0. The molecule has 0 aliphatic rings. The molecule has 2 unspecified atom stereocenters. The summed E-state index contributed by atoms with van der Waals surface area (Å²) in [5.74, 6) is -0.206. The molecule has 0 spiro atoms. The molecule has 0 aromatic heterocycles. The van der Waals surface area contributed by atoms with Crippen LogP contribution in [0.4, 0.5) is 0 Å². The van der Waals surface area contributed by atoms with Crippen LogP contribution in [0.3, 0.4) is 0 Å². The molecule has 0 radical (unpaired) electrons. The number of aliphatic hydroxyl groups excluding tert-OH is 1. The minimum Gasteiger partial charge on any atom is -0.466 e. The second-order valence-corrected chi connectivity index (χ2v) is 5.62. The quantitative estimate of drug-likeness (QED) is 0.430. The predicted molar refractivity (Wildman–Crippen MR) is 79.0 cm³/mol. The summed E-state index contributed by atoms with van der Waals surface area (Å²) in [7, 11) is 0. The van der Waals surface area contributed by atoms with Gasteiger partial charge in [-0.2, -0.15) is 0 Å². The van der Waals surface area contributed by atoms with Gasteiger partial charge in [-0.3, -0.25) is 4.79 Å². The molecular formula is C16H32O3. The van der Waals surface area contributed by atoms with Gasteiger partial charge in [-0.1, -0.05) is 58.8 Å². The van der Waals surface area contributed by atoms with Gasteiger partial charge in [0, 0.05) is 0 Å². The fraction of sp³-hybridized carbons (Fsp3) is 0.938. The average molecular weight is 272 g/mol. The van der Waals surface area contributed by atoms with Gasteiger partial charge < -0.3 is 9.84 Å². The summed E-state index contributed by atoms with van der Waals surface area (Å²) in [5, 5.41) is 9.29. The van der Waals surface area contributed by atoms with Crippen molar-refractivity contribution in [1.82, 2.24) is 0 Å². The third-order valence-electron chi connectivity index (χ3n) is 3.57. The molecule has 0 aliphatic carbocycles. The summed E-state index contributed by atoms with van der Waals surface area (Å²) in [6, 6.07) is 0. The minimum atomic E-state index is -0.448. The van der Waals surface area contributed by atoms with Crippen molar-refractivity contribution in [1.29, 1.82) is 0 Å². The van der Waals surface area contributed by atoms with Crippen LogP contribution in [0.15, 0.2) is 0 Å². The van der Waals surface area contributed by atoms with E-state index in [1.165, 1.54) is 38.5 Å². The molecule has 1 N–H and O–H groups in total. The van der Waals surface area contributed by atoms with Gasteiger partial charge in [0.15, 0.2) is 0 Å². The van der Waals surface area contributed by atoms with Crippen LogP contribution in [0.25, 0.3) is 0 Å². The Morgan fingerprint density at radius 3 is 2.05 bits per heavy atom. The smallest absolute Gasteiger partial charge is 0.306 e. The molecule has 0 aliphatic heterocycles. The Labute approximate surface area is 118 Å². The average Bonchev–Trinajstić information content (AvgIpc) is 2.36. The second-order valence-electron chi connectivity index (χ2n) is 5.62. The second kappa shape index (κ2) is 12.5. The SMILES string of the molecule is CCCCCCCCCCOC(=O)CC(C)C(C)O. The zero-order chi connectivity index (χ0) is 14.5. The van der Waals surface area contributed by atoms with Crippen LogP contribution in [0.5, 0.6) is 0 Å². The molecular weight excluding hydrogens is 240 g/mol. The molecule has 0 saturated carbocycles. The Morgan fingerprint density at radius 1 is 1.00 bits per heavy atom. The van der Waals surface area contributed by atoms with Crippen LogP contribution < -0.4 is 0 Å². The number of hydrogen-bond acceptors (Lipinski definition) is 3. The van der Waals surface area contributed by atoms with Gasteiger partial charge in [-0.05, 0) is 19.3 Å². The maximum Gasteiger partial charge on any atom is 0.306 e. The number of aliphatic hydroxyl groups is 1. The van der Waals surface area contributed by atoms with Gasteiger partial charge in [-0.25, -0.2) is 0 Å². The van der Waals surface area contributed by atoms with Gasteiger partial charge in [-0.15, -0.1) is 0 Å². The summed E-state index contributed by atoms with van der Waals surface area (Å²) >= 11 is 0. The largest absolute Gasteiger partial charge is 0.466 e. The van der Waals surface area contributed by atoms with Gasteiger partial charge in [0.25, 0.3) is 0 Å². The Hall–Kier alpha value is -0.570. The van der Waals surface area contributed by atoms with E-state index in [0.717, 1.165) is 12.8 Å². The van der Waals surface area contributed by atoms with Crippen molar-refractivity contribution in [2.75, 3.05) is 6.61 Å². The topological polar surface area (TPSA) is 46.5 Å². The lowest BCUT2D eigenvalue weighted by molar-refractivity contribution is -0.145. The highest BCUT2D eigenvalue weighted by atomic mass is 16.5. The van der Waals surface area contributed by atoms with Gasteiger partial charge >= 0.3 is 5.97 Å². The third kappa shape index (κ3) is 12.2. The van der Waals surface area contributed by atoms with Crippen molar-refractivity contribution in [2.24, 2.45) is 5.92 Å². The van der Waals surface area contributed by atoms with Crippen molar-refractivity contribution >= 4 is 5.97 Å². The maximum atomic E-state index is 11.4. The van der Waals surface area contributed by atoms with Crippen molar-refractivity contribution in [2.45, 2.75) is 84.7 Å². The van der Waals surface area contributed by atoms with Crippen LogP contribution in [-0.4, -0.2) is 23.8 Å². The van der Waals surface area contributed by atoms with Crippen molar-refractivity contribution in [3.05, 3.63) is 0 Å². The fourth-order valence-corrected chi connectivity index (χ4v) is 1.91. The summed E-state index contributed by atoms with van der Waals surface area (Å²) < 4.78 is 5.16. The first-order valence-corrected chi connectivity index (χ1v) is 7.91. The predicted octanol–water partition coefficient (Wildman–Crippen LogP) is 4.08. The Bertz CT molecular complexity index is 214. The lowest BCUT2D eigenvalue weighted by atomic mass is 10.0. The normalized spacial score (nSPS) is 14.1. The fourth-order valence-electron chi connectivity index (χ4n) is 1.91. The Kier molecular flexibility index (Phi) is 12.1. The molecule has 0 aromatic carbocycles. The van der Waals surface area contributed by atoms with E-state index in [4.69, 9.17) is 4.74 Å². The van der Waals surface area contributed by atoms with E-state index in [0.29, 0.717) is 13.0 Å². The Balaban J connectivity index is 3.27. The number of esters is 1. The third-order valence-corrected chi connectivity index (χ3v) is 3.57. The van der Waals surface area contributed by atoms with Gasteiger partial charge in [0.2, 0.25) is 0 Å². The molecule has 0 bridgehead atoms. The van der Waals surface area contributed by atoms with E-state index < -0.39 is 6.10 Å². The number of carbonyl (C=O) groups excluding carboxylic acids is 1. The molecule has 114 valence electrons. The van der Waals surface area contributed by atoms with Crippen LogP contribution >= 0.6 is 0 Å². The number of rotatable bonds is 12. The number of unbranched alkanes of at least 4 members (excludes halogenated alkanes) is 7. The van der Waals surface area contributed by atoms with E-state index in [2.05, 4.69) is 6.92 Å². The van der Waals surface area contributed by atoms with E-state index in [1.54, 1.807) is 6.92 Å². The van der Waals surface area contributed by atoms with E-state index in [9.17, 15) is 9.90 Å². The summed E-state index contributed by atoms with van der Waals surface area (Å²) in [5.41, 5.74) is 0. The molecule has 0 rings (SSSR count). The first-order chi connectivity index (χ1) is 9.07. The van der Waals surface area contributed by atoms with Crippen LogP contribution in [0.2, 0.25) is 0 Å². The minimum absolute atomic E-state index is 0.0222. The first kappa shape index (κ1) is 18.4. The van der Waals surface area contributed by atoms with E-state index >= 15 is 0 Å². The molecule has 2 atom stereocenters. The first-order valence-electron chi connectivity index (χ1n) is 7.91. The van der Waals surface area contributed by atoms with Crippen molar-refractivity contribution in [3.8, 4) is 0 Å². The van der Waals surface area contributed by atoms with Gasteiger partial charge in [0.05, 0.1) is 19.1 Å². The molecule has 0 aromatic rings. The summed E-state index contributed by atoms with van der Waals surface area (Å²) in [6.45, 7) is 6.33. The summed E-state index contributed by atoms with van der Waals surface area (Å²) in [4.78, 5) is 11.4. The molecule has 19 heavy (non-hydrogen) atoms. The number of hydrogen-bond donors (Lipinski definition) is 1. The molecule has 3 heteroatoms. The molecule has 0 heterocycles. The van der Waals surface area contributed by atoms with E-state index in [-0.39, 0.29) is 11.9 Å². The standard InChI is InChI=1S/C16H32O3/c1-4-5-6-7-8-9-10-11-12-19-16(18)13-14(2)15(3)17/h14-15,17H,4-13H2,1-3H3. The summed E-state index contributed by atoms with van der Waals surface area (Å²) in [6.07, 6.45) is 9.83. The molecule has 0 saturated heterocycles. The van der Waals surface area contributed by atoms with Crippen LogP contribution in [-0.2, 0) is 9.53 Å². The number of ether oxygens (including phenoxy) is 1. The molecule has 3 nitrogen and oxygen atoms in total. The monoisotopic (exact) mass is 272 g/mol. The number of carbonyl (C=O) groups is 1. The van der Waals surface area contributed by atoms with Crippen LogP contribution in [0, 0.1) is 5.92 Å². The highest BCUT2D eigenvalue weighted by Crippen LogP contribution is 2.10. The van der Waals surface area contributed by atoms with Crippen LogP contribution in [0.1, 0.15) is 78.6 Å². The van der Waals surface area contributed by atoms with Crippen molar-refractivity contribution in [3.63, 3.8) is 0 Å². The molecule has 0 amide bonds. The maximum absolute atomic E-state index is 11.4. The van der Waals surface area contributed by atoms with Crippen molar-refractivity contribution < 1.29 is 14.6 Å². The highest BCUT2D eigenvalue weighted by Gasteiger charge is 2.14. The lowest BCUT2D eigenvalue weighted by Crippen LogP contribution is -2.18. The highest BCUT2D eigenvalue weighted by molar-refractivity contribution is 5.69. The van der Waals surface area contributed by atoms with E-state index in [1.807, 2.05) is 6.92 Å². The zero-order valence-corrected chi connectivity index (χ0v) is 13.0.